The monoisotopic (exact) mass is 219 g/mol. The molecule has 0 N–H and O–H groups in total. The number of nitrogens with zero attached hydrogens (tertiary/aromatic N) is 1. The first-order valence-corrected chi connectivity index (χ1v) is 5.29. The van der Waals surface area contributed by atoms with Crippen LogP contribution in [0.2, 0.25) is 0 Å². The SMILES string of the molecule is CC(C)c1cn(C)c(=O)c2ccc(F)cc12. The maximum atomic E-state index is 13.2. The van der Waals surface area contributed by atoms with E-state index in [1.54, 1.807) is 23.9 Å². The Hall–Kier alpha value is -1.64. The van der Waals surface area contributed by atoms with Gasteiger partial charge in [0, 0.05) is 18.6 Å². The minimum Gasteiger partial charge on any atom is -0.318 e. The molecule has 0 saturated carbocycles. The van der Waals surface area contributed by atoms with E-state index < -0.39 is 0 Å². The van der Waals surface area contributed by atoms with Crippen molar-refractivity contribution in [1.82, 2.24) is 4.57 Å². The van der Waals surface area contributed by atoms with Crippen LogP contribution < -0.4 is 5.56 Å². The molecule has 1 aromatic carbocycles. The predicted molar refractivity (Wildman–Crippen MR) is 63.2 cm³/mol. The summed E-state index contributed by atoms with van der Waals surface area (Å²) in [6, 6.07) is 4.32. The van der Waals surface area contributed by atoms with E-state index in [0.29, 0.717) is 5.39 Å². The van der Waals surface area contributed by atoms with Gasteiger partial charge in [-0.3, -0.25) is 4.79 Å². The Balaban J connectivity index is 2.96. The Morgan fingerprint density at radius 2 is 1.94 bits per heavy atom. The van der Waals surface area contributed by atoms with Gasteiger partial charge in [0.25, 0.3) is 5.56 Å². The zero-order chi connectivity index (χ0) is 11.9. The number of rotatable bonds is 1. The second kappa shape index (κ2) is 3.74. The predicted octanol–water partition coefficient (Wildman–Crippen LogP) is 2.80. The summed E-state index contributed by atoms with van der Waals surface area (Å²) in [5.74, 6) is -0.0428. The number of halogens is 1. The largest absolute Gasteiger partial charge is 0.318 e. The van der Waals surface area contributed by atoms with Crippen molar-refractivity contribution < 1.29 is 4.39 Å². The molecule has 0 aliphatic carbocycles. The highest BCUT2D eigenvalue weighted by Crippen LogP contribution is 2.23. The number of hydrogen-bond acceptors (Lipinski definition) is 1. The van der Waals surface area contributed by atoms with Gasteiger partial charge >= 0.3 is 0 Å². The zero-order valence-electron chi connectivity index (χ0n) is 9.62. The zero-order valence-corrected chi connectivity index (χ0v) is 9.62. The van der Waals surface area contributed by atoms with Crippen LogP contribution in [-0.2, 0) is 7.05 Å². The number of aromatic nitrogens is 1. The van der Waals surface area contributed by atoms with E-state index in [0.717, 1.165) is 10.9 Å². The fraction of sp³-hybridized carbons (Fsp3) is 0.308. The van der Waals surface area contributed by atoms with E-state index in [1.165, 1.54) is 12.1 Å². The van der Waals surface area contributed by atoms with Crippen LogP contribution in [0.4, 0.5) is 4.39 Å². The molecule has 2 aromatic rings. The van der Waals surface area contributed by atoms with E-state index in [4.69, 9.17) is 0 Å². The molecule has 3 heteroatoms. The average molecular weight is 219 g/mol. The Labute approximate surface area is 93.3 Å². The minimum atomic E-state index is -0.303. The van der Waals surface area contributed by atoms with Crippen LogP contribution in [0.3, 0.4) is 0 Å². The number of pyridine rings is 1. The van der Waals surface area contributed by atoms with Crippen LogP contribution in [0.5, 0.6) is 0 Å². The van der Waals surface area contributed by atoms with Crippen LogP contribution >= 0.6 is 0 Å². The lowest BCUT2D eigenvalue weighted by molar-refractivity contribution is 0.629. The van der Waals surface area contributed by atoms with Gasteiger partial charge in [-0.2, -0.15) is 0 Å². The normalized spacial score (nSPS) is 11.3. The van der Waals surface area contributed by atoms with Crippen molar-refractivity contribution in [2.24, 2.45) is 7.05 Å². The van der Waals surface area contributed by atoms with Crippen molar-refractivity contribution in [3.05, 3.63) is 46.1 Å². The first-order valence-electron chi connectivity index (χ1n) is 5.29. The van der Waals surface area contributed by atoms with Gasteiger partial charge in [-0.1, -0.05) is 13.8 Å². The summed E-state index contributed by atoms with van der Waals surface area (Å²) >= 11 is 0. The van der Waals surface area contributed by atoms with Gasteiger partial charge in [0.05, 0.1) is 0 Å². The number of fused-ring (bicyclic) bond motifs is 1. The quantitative estimate of drug-likeness (QED) is 0.722. The van der Waals surface area contributed by atoms with E-state index in [1.807, 2.05) is 13.8 Å². The highest BCUT2D eigenvalue weighted by Gasteiger charge is 2.10. The van der Waals surface area contributed by atoms with Gasteiger partial charge in [0.15, 0.2) is 0 Å². The summed E-state index contributed by atoms with van der Waals surface area (Å²) in [5, 5.41) is 1.30. The van der Waals surface area contributed by atoms with E-state index >= 15 is 0 Å². The van der Waals surface area contributed by atoms with Gasteiger partial charge in [0.1, 0.15) is 5.82 Å². The number of benzene rings is 1. The Morgan fingerprint density at radius 3 is 2.56 bits per heavy atom. The van der Waals surface area contributed by atoms with Gasteiger partial charge in [0.2, 0.25) is 0 Å². The average Bonchev–Trinajstić information content (AvgIpc) is 2.22. The molecular weight excluding hydrogens is 205 g/mol. The first-order chi connectivity index (χ1) is 7.50. The summed E-state index contributed by atoms with van der Waals surface area (Å²) in [5.41, 5.74) is 0.913. The lowest BCUT2D eigenvalue weighted by Gasteiger charge is -2.12. The molecule has 0 unspecified atom stereocenters. The molecule has 0 saturated heterocycles. The summed E-state index contributed by atoms with van der Waals surface area (Å²) in [4.78, 5) is 11.9. The van der Waals surface area contributed by atoms with Crippen LogP contribution in [-0.4, -0.2) is 4.57 Å². The third-order valence-electron chi connectivity index (χ3n) is 2.80. The maximum Gasteiger partial charge on any atom is 0.258 e. The Bertz CT molecular complexity index is 599. The lowest BCUT2D eigenvalue weighted by atomic mass is 9.98. The molecule has 0 fully saturated rings. The van der Waals surface area contributed by atoms with E-state index in [9.17, 15) is 9.18 Å². The molecule has 0 amide bonds. The van der Waals surface area contributed by atoms with Crippen molar-refractivity contribution in [2.45, 2.75) is 19.8 Å². The Kier molecular flexibility index (Phi) is 2.54. The van der Waals surface area contributed by atoms with Gasteiger partial charge in [-0.15, -0.1) is 0 Å². The summed E-state index contributed by atoms with van der Waals surface area (Å²) < 4.78 is 14.8. The van der Waals surface area contributed by atoms with Crippen LogP contribution in [0.25, 0.3) is 10.8 Å². The van der Waals surface area contributed by atoms with Crippen molar-refractivity contribution in [2.75, 3.05) is 0 Å². The van der Waals surface area contributed by atoms with Crippen molar-refractivity contribution in [3.8, 4) is 0 Å². The third kappa shape index (κ3) is 1.62. The Morgan fingerprint density at radius 1 is 1.25 bits per heavy atom. The second-order valence-electron chi connectivity index (χ2n) is 4.35. The van der Waals surface area contributed by atoms with E-state index in [2.05, 4.69) is 0 Å². The molecule has 2 rings (SSSR count). The molecule has 0 atom stereocenters. The van der Waals surface area contributed by atoms with Crippen molar-refractivity contribution in [3.63, 3.8) is 0 Å². The molecule has 0 radical (unpaired) electrons. The van der Waals surface area contributed by atoms with Crippen molar-refractivity contribution in [1.29, 1.82) is 0 Å². The van der Waals surface area contributed by atoms with Crippen LogP contribution in [0, 0.1) is 5.82 Å². The molecule has 2 nitrogen and oxygen atoms in total. The third-order valence-corrected chi connectivity index (χ3v) is 2.80. The smallest absolute Gasteiger partial charge is 0.258 e. The number of hydrogen-bond donors (Lipinski definition) is 0. The summed E-state index contributed by atoms with van der Waals surface area (Å²) in [6.45, 7) is 4.06. The second-order valence-corrected chi connectivity index (χ2v) is 4.35. The molecule has 0 spiro atoms. The van der Waals surface area contributed by atoms with Crippen LogP contribution in [0.15, 0.2) is 29.2 Å². The molecule has 0 bridgehead atoms. The maximum absolute atomic E-state index is 13.2. The highest BCUT2D eigenvalue weighted by atomic mass is 19.1. The molecule has 0 aliphatic rings. The molecule has 0 aliphatic heterocycles. The van der Waals surface area contributed by atoms with Gasteiger partial charge < -0.3 is 4.57 Å². The molecular formula is C13H14FNO. The standard InChI is InChI=1S/C13H14FNO/c1-8(2)12-7-15(3)13(16)10-5-4-9(14)6-11(10)12/h4-8H,1-3H3. The van der Waals surface area contributed by atoms with E-state index in [-0.39, 0.29) is 17.3 Å². The lowest BCUT2D eigenvalue weighted by Crippen LogP contribution is -2.17. The van der Waals surface area contributed by atoms with Gasteiger partial charge in [-0.05, 0) is 35.1 Å². The number of aryl methyl sites for hydroxylation is 1. The first kappa shape index (κ1) is 10.9. The van der Waals surface area contributed by atoms with Gasteiger partial charge in [-0.25, -0.2) is 4.39 Å². The topological polar surface area (TPSA) is 22.0 Å². The minimum absolute atomic E-state index is 0.0839. The molecule has 84 valence electrons. The highest BCUT2D eigenvalue weighted by molar-refractivity contribution is 5.85. The fourth-order valence-electron chi connectivity index (χ4n) is 1.93. The fourth-order valence-corrected chi connectivity index (χ4v) is 1.93. The molecule has 1 heterocycles. The van der Waals surface area contributed by atoms with Crippen LogP contribution in [0.1, 0.15) is 25.3 Å². The summed E-state index contributed by atoms with van der Waals surface area (Å²) in [7, 11) is 1.72. The molecule has 16 heavy (non-hydrogen) atoms. The molecule has 1 aromatic heterocycles. The van der Waals surface area contributed by atoms with Crippen molar-refractivity contribution >= 4 is 10.8 Å². The summed E-state index contributed by atoms with van der Waals surface area (Å²) in [6.07, 6.45) is 1.79.